The van der Waals surface area contributed by atoms with Crippen molar-refractivity contribution in [3.8, 4) is 0 Å². The molecule has 19 heavy (non-hydrogen) atoms. The van der Waals surface area contributed by atoms with Gasteiger partial charge in [-0.05, 0) is 25.0 Å². The zero-order valence-electron chi connectivity index (χ0n) is 10.6. The first-order valence-corrected chi connectivity index (χ1v) is 7.76. The molecule has 1 heterocycles. The number of carbonyl (C=O) groups is 1. The number of rotatable bonds is 3. The third-order valence-electron chi connectivity index (χ3n) is 3.47. The fraction of sp³-hybridized carbons (Fsp3) is 0.462. The highest BCUT2D eigenvalue weighted by Gasteiger charge is 2.31. The molecule has 0 bridgehead atoms. The largest absolute Gasteiger partial charge is 0.327 e. The van der Waals surface area contributed by atoms with Crippen molar-refractivity contribution in [2.45, 2.75) is 23.8 Å². The Morgan fingerprint density at radius 2 is 1.95 bits per heavy atom. The highest BCUT2D eigenvalue weighted by atomic mass is 32.2. The predicted octanol–water partition coefficient (Wildman–Crippen LogP) is 0.613. The minimum atomic E-state index is -3.53. The van der Waals surface area contributed by atoms with Gasteiger partial charge in [0, 0.05) is 25.0 Å². The number of hydrogen-bond donors (Lipinski definition) is 1. The first-order chi connectivity index (χ1) is 9.05. The van der Waals surface area contributed by atoms with Crippen LogP contribution in [0.3, 0.4) is 0 Å². The lowest BCUT2D eigenvalue weighted by Crippen LogP contribution is -2.39. The summed E-state index contributed by atoms with van der Waals surface area (Å²) in [5, 5.41) is 0. The molecule has 1 saturated heterocycles. The van der Waals surface area contributed by atoms with Crippen molar-refractivity contribution in [2.75, 3.05) is 13.1 Å². The Kier molecular flexibility index (Phi) is 4.34. The summed E-state index contributed by atoms with van der Waals surface area (Å²) in [6, 6.07) is 8.02. The molecule has 5 nitrogen and oxygen atoms in total. The van der Waals surface area contributed by atoms with Crippen LogP contribution in [0.15, 0.2) is 35.2 Å². The van der Waals surface area contributed by atoms with E-state index in [0.29, 0.717) is 19.4 Å². The molecule has 6 heteroatoms. The smallest absolute Gasteiger partial charge is 0.243 e. The summed E-state index contributed by atoms with van der Waals surface area (Å²) in [4.78, 5) is 11.3. The van der Waals surface area contributed by atoms with Crippen molar-refractivity contribution >= 4 is 16.3 Å². The normalized spacial score (nSPS) is 25.7. The predicted molar refractivity (Wildman–Crippen MR) is 72.0 cm³/mol. The summed E-state index contributed by atoms with van der Waals surface area (Å²) in [6.45, 7) is 0.581. The van der Waals surface area contributed by atoms with E-state index in [1.165, 1.54) is 4.31 Å². The van der Waals surface area contributed by atoms with Gasteiger partial charge < -0.3 is 10.5 Å². The molecule has 0 spiro atoms. The van der Waals surface area contributed by atoms with Gasteiger partial charge in [-0.25, -0.2) is 8.42 Å². The number of nitrogens with zero attached hydrogens (tertiary/aromatic N) is 1. The Labute approximate surface area is 113 Å². The van der Waals surface area contributed by atoms with Gasteiger partial charge in [0.15, 0.2) is 0 Å². The van der Waals surface area contributed by atoms with E-state index in [9.17, 15) is 13.2 Å². The maximum atomic E-state index is 12.5. The van der Waals surface area contributed by atoms with Crippen molar-refractivity contribution in [2.24, 2.45) is 11.7 Å². The van der Waals surface area contributed by atoms with Crippen molar-refractivity contribution in [1.29, 1.82) is 0 Å². The molecule has 0 aromatic heterocycles. The van der Waals surface area contributed by atoms with Crippen LogP contribution in [-0.4, -0.2) is 38.1 Å². The second-order valence-electron chi connectivity index (χ2n) is 4.78. The van der Waals surface area contributed by atoms with E-state index in [4.69, 9.17) is 5.73 Å². The molecule has 1 aromatic carbocycles. The third-order valence-corrected chi connectivity index (χ3v) is 5.34. The van der Waals surface area contributed by atoms with E-state index in [0.717, 1.165) is 6.29 Å². The second kappa shape index (κ2) is 5.81. The van der Waals surface area contributed by atoms with Crippen LogP contribution < -0.4 is 5.73 Å². The van der Waals surface area contributed by atoms with Crippen LogP contribution in [-0.2, 0) is 14.8 Å². The summed E-state index contributed by atoms with van der Waals surface area (Å²) >= 11 is 0. The highest BCUT2D eigenvalue weighted by molar-refractivity contribution is 7.89. The molecule has 1 fully saturated rings. The topological polar surface area (TPSA) is 80.5 Å². The molecule has 0 aliphatic carbocycles. The molecular weight excluding hydrogens is 264 g/mol. The monoisotopic (exact) mass is 282 g/mol. The average Bonchev–Trinajstić information content (AvgIpc) is 2.61. The van der Waals surface area contributed by atoms with Gasteiger partial charge in [0.05, 0.1) is 4.90 Å². The molecule has 104 valence electrons. The number of benzene rings is 1. The van der Waals surface area contributed by atoms with Crippen molar-refractivity contribution in [3.05, 3.63) is 30.3 Å². The molecule has 1 aliphatic rings. The van der Waals surface area contributed by atoms with E-state index in [1.807, 2.05) is 0 Å². The Morgan fingerprint density at radius 3 is 2.58 bits per heavy atom. The standard InChI is InChI=1S/C13H18N2O3S/c14-13-7-4-8-15(9-11(13)10-16)19(17,18)12-5-2-1-3-6-12/h1-3,5-6,10-11,13H,4,7-9,14H2. The van der Waals surface area contributed by atoms with Crippen molar-refractivity contribution in [1.82, 2.24) is 4.31 Å². The number of hydrogen-bond acceptors (Lipinski definition) is 4. The number of nitrogens with two attached hydrogens (primary N) is 1. The molecule has 2 rings (SSSR count). The Hall–Kier alpha value is -1.24. The van der Waals surface area contributed by atoms with Gasteiger partial charge in [-0.3, -0.25) is 0 Å². The molecule has 0 amide bonds. The van der Waals surface area contributed by atoms with Gasteiger partial charge in [0.2, 0.25) is 10.0 Å². The maximum absolute atomic E-state index is 12.5. The minimum Gasteiger partial charge on any atom is -0.327 e. The Balaban J connectivity index is 2.27. The lowest BCUT2D eigenvalue weighted by molar-refractivity contribution is -0.111. The minimum absolute atomic E-state index is 0.169. The first-order valence-electron chi connectivity index (χ1n) is 6.32. The summed E-state index contributed by atoms with van der Waals surface area (Å²) < 4.78 is 26.3. The molecule has 0 saturated carbocycles. The van der Waals surface area contributed by atoms with Gasteiger partial charge in [0.25, 0.3) is 0 Å². The molecular formula is C13H18N2O3S. The van der Waals surface area contributed by atoms with Gasteiger partial charge in [-0.15, -0.1) is 0 Å². The van der Waals surface area contributed by atoms with Crippen molar-refractivity contribution in [3.63, 3.8) is 0 Å². The van der Waals surface area contributed by atoms with E-state index in [-0.39, 0.29) is 17.5 Å². The van der Waals surface area contributed by atoms with E-state index in [2.05, 4.69) is 0 Å². The number of carbonyl (C=O) groups excluding carboxylic acids is 1. The zero-order valence-corrected chi connectivity index (χ0v) is 11.4. The zero-order chi connectivity index (χ0) is 13.9. The second-order valence-corrected chi connectivity index (χ2v) is 6.72. The van der Waals surface area contributed by atoms with Crippen LogP contribution in [0.2, 0.25) is 0 Å². The summed E-state index contributed by atoms with van der Waals surface area (Å²) in [5.41, 5.74) is 5.88. The molecule has 1 aliphatic heterocycles. The van der Waals surface area contributed by atoms with Gasteiger partial charge in [-0.2, -0.15) is 4.31 Å². The average molecular weight is 282 g/mol. The van der Waals surface area contributed by atoms with E-state index >= 15 is 0 Å². The van der Waals surface area contributed by atoms with Crippen LogP contribution in [0, 0.1) is 5.92 Å². The van der Waals surface area contributed by atoms with Crippen LogP contribution in [0.1, 0.15) is 12.8 Å². The lowest BCUT2D eigenvalue weighted by atomic mass is 10.00. The highest BCUT2D eigenvalue weighted by Crippen LogP contribution is 2.21. The quantitative estimate of drug-likeness (QED) is 0.824. The van der Waals surface area contributed by atoms with Crippen molar-refractivity contribution < 1.29 is 13.2 Å². The lowest BCUT2D eigenvalue weighted by Gasteiger charge is -2.22. The summed E-state index contributed by atoms with van der Waals surface area (Å²) in [6.07, 6.45) is 2.12. The number of sulfonamides is 1. The molecule has 0 radical (unpaired) electrons. The van der Waals surface area contributed by atoms with Crippen LogP contribution in [0.5, 0.6) is 0 Å². The Morgan fingerprint density at radius 1 is 1.26 bits per heavy atom. The van der Waals surface area contributed by atoms with Crippen LogP contribution in [0.25, 0.3) is 0 Å². The van der Waals surface area contributed by atoms with Gasteiger partial charge in [-0.1, -0.05) is 18.2 Å². The third kappa shape index (κ3) is 3.02. The number of aldehydes is 1. The summed E-state index contributed by atoms with van der Waals surface area (Å²) in [5.74, 6) is -0.430. The van der Waals surface area contributed by atoms with Crippen LogP contribution in [0.4, 0.5) is 0 Å². The fourth-order valence-electron chi connectivity index (χ4n) is 2.28. The molecule has 2 N–H and O–H groups in total. The molecule has 2 atom stereocenters. The van der Waals surface area contributed by atoms with E-state index < -0.39 is 15.9 Å². The van der Waals surface area contributed by atoms with E-state index in [1.54, 1.807) is 30.3 Å². The van der Waals surface area contributed by atoms with Crippen LogP contribution >= 0.6 is 0 Å². The fourth-order valence-corrected chi connectivity index (χ4v) is 3.82. The molecule has 1 aromatic rings. The Bertz CT molecular complexity index is 530. The molecule has 2 unspecified atom stereocenters. The SMILES string of the molecule is NC1CCCN(S(=O)(=O)c2ccccc2)CC1C=O. The first kappa shape index (κ1) is 14.2. The maximum Gasteiger partial charge on any atom is 0.243 e. The van der Waals surface area contributed by atoms with Gasteiger partial charge >= 0.3 is 0 Å². The summed E-state index contributed by atoms with van der Waals surface area (Å²) in [7, 11) is -3.53. The van der Waals surface area contributed by atoms with Gasteiger partial charge in [0.1, 0.15) is 6.29 Å².